The van der Waals surface area contributed by atoms with Gasteiger partial charge >= 0.3 is 0 Å². The second-order valence-electron chi connectivity index (χ2n) is 5.34. The van der Waals surface area contributed by atoms with Crippen LogP contribution in [0.1, 0.15) is 40.9 Å². The van der Waals surface area contributed by atoms with Gasteiger partial charge in [-0.05, 0) is 36.2 Å². The van der Waals surface area contributed by atoms with Crippen LogP contribution in [-0.4, -0.2) is 36.8 Å². The molecule has 1 atom stereocenters. The molecule has 0 aliphatic carbocycles. The summed E-state index contributed by atoms with van der Waals surface area (Å²) in [5.74, 6) is -0.915. The number of hydrogen-bond donors (Lipinski definition) is 2. The Bertz CT molecular complexity index is 817. The van der Waals surface area contributed by atoms with Crippen molar-refractivity contribution in [2.24, 2.45) is 5.73 Å². The number of sulfone groups is 1. The lowest BCUT2D eigenvalue weighted by molar-refractivity contribution is 0.0998. The number of aromatic nitrogens is 1. The smallest absolute Gasteiger partial charge is 0.250 e. The summed E-state index contributed by atoms with van der Waals surface area (Å²) in [7, 11) is -3.28. The molecule has 24 heavy (non-hydrogen) atoms. The highest BCUT2D eigenvalue weighted by molar-refractivity contribution is 7.91. The molecule has 2 rings (SSSR count). The number of carbonyl (C=O) groups is 1. The number of amides is 1. The van der Waals surface area contributed by atoms with E-state index in [1.165, 1.54) is 12.1 Å². The summed E-state index contributed by atoms with van der Waals surface area (Å²) in [6, 6.07) is 9.64. The number of aliphatic hydroxyl groups excluding tert-OH is 1. The van der Waals surface area contributed by atoms with Gasteiger partial charge in [-0.3, -0.25) is 9.78 Å². The summed E-state index contributed by atoms with van der Waals surface area (Å²) in [5, 5.41) is 9.37. The SMILES string of the molecule is CCS(=O)(=O)c1ccc([C@H](CCO)c2ncccc2C(N)=O)cc1. The molecule has 7 heteroatoms. The van der Waals surface area contributed by atoms with Crippen LogP contribution < -0.4 is 5.73 Å². The first-order chi connectivity index (χ1) is 11.4. The molecule has 0 unspecified atom stereocenters. The molecule has 2 aromatic rings. The Morgan fingerprint density at radius 3 is 2.46 bits per heavy atom. The number of carbonyl (C=O) groups excluding carboxylic acids is 1. The van der Waals surface area contributed by atoms with Crippen molar-refractivity contribution in [2.75, 3.05) is 12.4 Å². The second-order valence-corrected chi connectivity index (χ2v) is 7.62. The molecule has 0 radical (unpaired) electrons. The van der Waals surface area contributed by atoms with E-state index in [-0.39, 0.29) is 23.2 Å². The van der Waals surface area contributed by atoms with Crippen molar-refractivity contribution in [2.45, 2.75) is 24.2 Å². The molecule has 128 valence electrons. The van der Waals surface area contributed by atoms with Crippen LogP contribution in [0.4, 0.5) is 0 Å². The third kappa shape index (κ3) is 3.80. The van der Waals surface area contributed by atoms with E-state index < -0.39 is 15.7 Å². The van der Waals surface area contributed by atoms with Gasteiger partial charge in [0.15, 0.2) is 9.84 Å². The van der Waals surface area contributed by atoms with Crippen LogP contribution in [0, 0.1) is 0 Å². The van der Waals surface area contributed by atoms with E-state index in [1.807, 2.05) is 0 Å². The van der Waals surface area contributed by atoms with Gasteiger partial charge in [0.05, 0.1) is 21.9 Å². The fourth-order valence-electron chi connectivity index (χ4n) is 2.57. The Morgan fingerprint density at radius 2 is 1.92 bits per heavy atom. The van der Waals surface area contributed by atoms with Gasteiger partial charge in [0.25, 0.3) is 5.91 Å². The van der Waals surface area contributed by atoms with Gasteiger partial charge in [0.1, 0.15) is 0 Å². The summed E-state index contributed by atoms with van der Waals surface area (Å²) in [5.41, 5.74) is 6.94. The molecule has 0 bridgehead atoms. The lowest BCUT2D eigenvalue weighted by atomic mass is 9.89. The number of nitrogens with zero attached hydrogens (tertiary/aromatic N) is 1. The van der Waals surface area contributed by atoms with Crippen molar-refractivity contribution in [1.29, 1.82) is 0 Å². The van der Waals surface area contributed by atoms with Crippen LogP contribution >= 0.6 is 0 Å². The monoisotopic (exact) mass is 348 g/mol. The van der Waals surface area contributed by atoms with Crippen molar-refractivity contribution >= 4 is 15.7 Å². The van der Waals surface area contributed by atoms with Crippen molar-refractivity contribution in [3.8, 4) is 0 Å². The Labute approximate surface area is 141 Å². The molecule has 6 nitrogen and oxygen atoms in total. The van der Waals surface area contributed by atoms with Crippen LogP contribution in [0.3, 0.4) is 0 Å². The third-order valence-electron chi connectivity index (χ3n) is 3.87. The molecule has 0 saturated carbocycles. The summed E-state index contributed by atoms with van der Waals surface area (Å²) in [6.07, 6.45) is 1.90. The number of aliphatic hydroxyl groups is 1. The first-order valence-corrected chi connectivity index (χ1v) is 9.24. The Hall–Kier alpha value is -2.25. The standard InChI is InChI=1S/C17H20N2O4S/c1-2-24(22,23)13-7-5-12(6-8-13)14(9-11-20)16-15(17(18)21)4-3-10-19-16/h3-8,10,14,20H,2,9,11H2,1H3,(H2,18,21)/t14-/m0/s1. The molecule has 3 N–H and O–H groups in total. The Kier molecular flexibility index (Phi) is 5.69. The number of benzene rings is 1. The van der Waals surface area contributed by atoms with Crippen LogP contribution in [0.15, 0.2) is 47.5 Å². The topological polar surface area (TPSA) is 110 Å². The van der Waals surface area contributed by atoms with Crippen molar-refractivity contribution in [1.82, 2.24) is 4.98 Å². The molecule has 1 aromatic heterocycles. The molecule has 0 fully saturated rings. The number of hydrogen-bond acceptors (Lipinski definition) is 5. The number of primary amides is 1. The quantitative estimate of drug-likeness (QED) is 0.787. The van der Waals surface area contributed by atoms with E-state index >= 15 is 0 Å². The maximum absolute atomic E-state index is 11.9. The van der Waals surface area contributed by atoms with E-state index in [0.29, 0.717) is 17.7 Å². The van der Waals surface area contributed by atoms with E-state index in [9.17, 15) is 18.3 Å². The lowest BCUT2D eigenvalue weighted by Crippen LogP contribution is -2.18. The maximum Gasteiger partial charge on any atom is 0.250 e. The molecule has 1 aromatic carbocycles. The molecule has 0 aliphatic rings. The highest BCUT2D eigenvalue weighted by atomic mass is 32.2. The highest BCUT2D eigenvalue weighted by Crippen LogP contribution is 2.29. The molecule has 0 aliphatic heterocycles. The van der Waals surface area contributed by atoms with Gasteiger partial charge in [-0.1, -0.05) is 19.1 Å². The van der Waals surface area contributed by atoms with Gasteiger partial charge in [0, 0.05) is 18.7 Å². The normalized spacial score (nSPS) is 12.8. The summed E-state index contributed by atoms with van der Waals surface area (Å²) in [6.45, 7) is 1.49. The fourth-order valence-corrected chi connectivity index (χ4v) is 3.45. The first kappa shape index (κ1) is 18.1. The van der Waals surface area contributed by atoms with Gasteiger partial charge in [-0.15, -0.1) is 0 Å². The number of pyridine rings is 1. The van der Waals surface area contributed by atoms with Gasteiger partial charge in [0.2, 0.25) is 0 Å². The number of rotatable bonds is 7. The molecule has 1 amide bonds. The number of nitrogens with two attached hydrogens (primary N) is 1. The largest absolute Gasteiger partial charge is 0.396 e. The first-order valence-electron chi connectivity index (χ1n) is 7.59. The van der Waals surface area contributed by atoms with Crippen molar-refractivity contribution in [3.63, 3.8) is 0 Å². The van der Waals surface area contributed by atoms with Crippen LogP contribution in [0.2, 0.25) is 0 Å². The highest BCUT2D eigenvalue weighted by Gasteiger charge is 2.21. The average molecular weight is 348 g/mol. The maximum atomic E-state index is 11.9. The van der Waals surface area contributed by atoms with Gasteiger partial charge < -0.3 is 10.8 Å². The summed E-state index contributed by atoms with van der Waals surface area (Å²) in [4.78, 5) is 16.1. The summed E-state index contributed by atoms with van der Waals surface area (Å²) >= 11 is 0. The van der Waals surface area contributed by atoms with Crippen LogP contribution in [0.5, 0.6) is 0 Å². The van der Waals surface area contributed by atoms with E-state index in [2.05, 4.69) is 4.98 Å². The predicted octanol–water partition coefficient (Wildman–Crippen LogP) is 1.49. The third-order valence-corrected chi connectivity index (χ3v) is 5.62. The predicted molar refractivity (Wildman–Crippen MR) is 90.5 cm³/mol. The molecule has 1 heterocycles. The van der Waals surface area contributed by atoms with Crippen molar-refractivity contribution in [3.05, 3.63) is 59.4 Å². The van der Waals surface area contributed by atoms with Crippen LogP contribution in [0.25, 0.3) is 0 Å². The molecular formula is C17H20N2O4S. The van der Waals surface area contributed by atoms with Gasteiger partial charge in [-0.25, -0.2) is 8.42 Å². The van der Waals surface area contributed by atoms with Gasteiger partial charge in [-0.2, -0.15) is 0 Å². The van der Waals surface area contributed by atoms with Crippen LogP contribution in [-0.2, 0) is 9.84 Å². The van der Waals surface area contributed by atoms with E-state index in [4.69, 9.17) is 5.73 Å². The Balaban J connectivity index is 2.48. The summed E-state index contributed by atoms with van der Waals surface area (Å²) < 4.78 is 23.8. The molecule has 0 saturated heterocycles. The minimum atomic E-state index is -3.28. The molecular weight excluding hydrogens is 328 g/mol. The van der Waals surface area contributed by atoms with E-state index in [1.54, 1.807) is 37.4 Å². The van der Waals surface area contributed by atoms with E-state index in [0.717, 1.165) is 5.56 Å². The van der Waals surface area contributed by atoms with Crippen molar-refractivity contribution < 1.29 is 18.3 Å². The minimum absolute atomic E-state index is 0.0263. The average Bonchev–Trinajstić information content (AvgIpc) is 2.60. The zero-order valence-electron chi connectivity index (χ0n) is 13.3. The fraction of sp³-hybridized carbons (Fsp3) is 0.294. The Morgan fingerprint density at radius 1 is 1.25 bits per heavy atom. The lowest BCUT2D eigenvalue weighted by Gasteiger charge is -2.18. The zero-order chi connectivity index (χ0) is 17.7. The second kappa shape index (κ2) is 7.55. The molecule has 0 spiro atoms. The zero-order valence-corrected chi connectivity index (χ0v) is 14.2. The minimum Gasteiger partial charge on any atom is -0.396 e.